The van der Waals surface area contributed by atoms with Crippen molar-refractivity contribution in [2.24, 2.45) is 0 Å². The highest BCUT2D eigenvalue weighted by Crippen LogP contribution is 2.12. The van der Waals surface area contributed by atoms with Crippen LogP contribution in [-0.4, -0.2) is 17.8 Å². The summed E-state index contributed by atoms with van der Waals surface area (Å²) in [6.07, 6.45) is 0.750. The van der Waals surface area contributed by atoms with Gasteiger partial charge in [0, 0.05) is 6.07 Å². The molecule has 0 unspecified atom stereocenters. The minimum Gasteiger partial charge on any atom is -0.480 e. The van der Waals surface area contributed by atoms with E-state index in [1.807, 2.05) is 0 Å². The first-order chi connectivity index (χ1) is 4.36. The fourth-order valence-electron chi connectivity index (χ4n) is 0.424. The van der Waals surface area contributed by atoms with Gasteiger partial charge in [-0.15, -0.1) is 0 Å². The van der Waals surface area contributed by atoms with Crippen molar-refractivity contribution in [1.29, 1.82) is 0 Å². The summed E-state index contributed by atoms with van der Waals surface area (Å²) in [4.78, 5) is 10.6. The van der Waals surface area contributed by atoms with Crippen LogP contribution in [0.5, 0.6) is 5.88 Å². The first-order valence-corrected chi connectivity index (χ1v) is 3.10. The number of rotatable bonds is 2. The molecule has 0 aliphatic carbocycles. The summed E-state index contributed by atoms with van der Waals surface area (Å²) < 4.78 is 8.53. The lowest BCUT2D eigenvalue weighted by atomic mass is 10.5. The predicted molar refractivity (Wildman–Crippen MR) is 34.1 cm³/mol. The van der Waals surface area contributed by atoms with Gasteiger partial charge in [-0.05, 0) is 11.5 Å². The molecule has 1 heterocycles. The molecule has 0 amide bonds. The quantitative estimate of drug-likeness (QED) is 0.579. The zero-order valence-electron chi connectivity index (χ0n) is 4.83. The Morgan fingerprint density at radius 2 is 2.67 bits per heavy atom. The van der Waals surface area contributed by atoms with Crippen LogP contribution in [0.25, 0.3) is 0 Å². The molecule has 0 aliphatic rings. The van der Waals surface area contributed by atoms with Crippen LogP contribution < -0.4 is 4.74 Å². The lowest BCUT2D eigenvalue weighted by Gasteiger charge is -1.85. The molecule has 0 atom stereocenters. The summed E-state index contributed by atoms with van der Waals surface area (Å²) in [5, 5.41) is 0. The van der Waals surface area contributed by atoms with E-state index in [1.165, 1.54) is 7.11 Å². The van der Waals surface area contributed by atoms with Gasteiger partial charge in [-0.25, -0.2) is 0 Å². The zero-order chi connectivity index (χ0) is 6.69. The fraction of sp³-hybridized carbons (Fsp3) is 0.200. The highest BCUT2D eigenvalue weighted by molar-refractivity contribution is 7.07. The SMILES string of the molecule is COc1cc(C=O)sn1. The standard InChI is InChI=1S/C5H5NO2S/c1-8-5-2-4(3-7)9-6-5/h2-3H,1H3. The fourth-order valence-corrected chi connectivity index (χ4v) is 0.943. The molecule has 0 N–H and O–H groups in total. The Hall–Kier alpha value is -0.900. The molecule has 48 valence electrons. The summed E-state index contributed by atoms with van der Waals surface area (Å²) >= 11 is 1.13. The average Bonchev–Trinajstić information content (AvgIpc) is 2.34. The molecule has 1 aromatic rings. The monoisotopic (exact) mass is 143 g/mol. The molecule has 0 spiro atoms. The van der Waals surface area contributed by atoms with E-state index in [0.29, 0.717) is 10.8 Å². The third kappa shape index (κ3) is 1.26. The van der Waals surface area contributed by atoms with Crippen molar-refractivity contribution in [2.75, 3.05) is 7.11 Å². The number of aldehydes is 1. The van der Waals surface area contributed by atoms with Crippen molar-refractivity contribution in [3.63, 3.8) is 0 Å². The van der Waals surface area contributed by atoms with Crippen molar-refractivity contribution < 1.29 is 9.53 Å². The lowest BCUT2D eigenvalue weighted by Crippen LogP contribution is -1.78. The van der Waals surface area contributed by atoms with E-state index >= 15 is 0 Å². The van der Waals surface area contributed by atoms with Gasteiger partial charge in [0.25, 0.3) is 0 Å². The van der Waals surface area contributed by atoms with Crippen LogP contribution in [0.3, 0.4) is 0 Å². The Morgan fingerprint density at radius 1 is 1.89 bits per heavy atom. The number of aromatic nitrogens is 1. The number of methoxy groups -OCH3 is 1. The Morgan fingerprint density at radius 3 is 3.00 bits per heavy atom. The van der Waals surface area contributed by atoms with E-state index in [9.17, 15) is 4.79 Å². The van der Waals surface area contributed by atoms with E-state index in [-0.39, 0.29) is 0 Å². The van der Waals surface area contributed by atoms with Crippen LogP contribution in [0, 0.1) is 0 Å². The summed E-state index contributed by atoms with van der Waals surface area (Å²) in [5.41, 5.74) is 0. The van der Waals surface area contributed by atoms with Crippen molar-refractivity contribution in [3.8, 4) is 5.88 Å². The molecule has 4 heteroatoms. The number of hydrogen-bond donors (Lipinski definition) is 0. The minimum atomic E-state index is 0.502. The zero-order valence-corrected chi connectivity index (χ0v) is 5.64. The van der Waals surface area contributed by atoms with Crippen molar-refractivity contribution >= 4 is 17.8 Å². The number of hydrogen-bond acceptors (Lipinski definition) is 4. The van der Waals surface area contributed by atoms with Crippen LogP contribution in [0.4, 0.5) is 0 Å². The van der Waals surface area contributed by atoms with Gasteiger partial charge in [0.1, 0.15) is 0 Å². The number of ether oxygens (including phenoxy) is 1. The molecule has 0 radical (unpaired) electrons. The minimum absolute atomic E-state index is 0.502. The second-order valence-electron chi connectivity index (χ2n) is 1.39. The maximum Gasteiger partial charge on any atom is 0.225 e. The Labute approximate surface area is 56.4 Å². The van der Waals surface area contributed by atoms with Crippen molar-refractivity contribution in [2.45, 2.75) is 0 Å². The molecular weight excluding hydrogens is 138 g/mol. The predicted octanol–water partition coefficient (Wildman–Crippen LogP) is 0.964. The Bertz CT molecular complexity index is 208. The van der Waals surface area contributed by atoms with E-state index in [4.69, 9.17) is 4.74 Å². The first-order valence-electron chi connectivity index (χ1n) is 2.32. The normalized spacial score (nSPS) is 9.00. The van der Waals surface area contributed by atoms with Gasteiger partial charge < -0.3 is 4.74 Å². The topological polar surface area (TPSA) is 39.2 Å². The van der Waals surface area contributed by atoms with Gasteiger partial charge in [0.15, 0.2) is 6.29 Å². The van der Waals surface area contributed by atoms with E-state index in [0.717, 1.165) is 17.8 Å². The van der Waals surface area contributed by atoms with Gasteiger partial charge >= 0.3 is 0 Å². The van der Waals surface area contributed by atoms with E-state index in [1.54, 1.807) is 6.07 Å². The molecule has 0 bridgehead atoms. The van der Waals surface area contributed by atoms with E-state index < -0.39 is 0 Å². The Kier molecular flexibility index (Phi) is 1.79. The highest BCUT2D eigenvalue weighted by Gasteiger charge is 1.97. The molecule has 0 saturated carbocycles. The third-order valence-electron chi connectivity index (χ3n) is 0.832. The molecule has 0 saturated heterocycles. The average molecular weight is 143 g/mol. The van der Waals surface area contributed by atoms with Gasteiger partial charge in [-0.1, -0.05) is 0 Å². The van der Waals surface area contributed by atoms with Crippen LogP contribution >= 0.6 is 11.5 Å². The summed E-state index contributed by atoms with van der Waals surface area (Å²) in [6.45, 7) is 0. The van der Waals surface area contributed by atoms with Crippen LogP contribution in [0.2, 0.25) is 0 Å². The maximum absolute atomic E-state index is 10.1. The van der Waals surface area contributed by atoms with Crippen LogP contribution in [-0.2, 0) is 0 Å². The van der Waals surface area contributed by atoms with Crippen LogP contribution in [0.15, 0.2) is 6.07 Å². The summed E-state index contributed by atoms with van der Waals surface area (Å²) in [5.74, 6) is 0.502. The van der Waals surface area contributed by atoms with Gasteiger partial charge in [0.2, 0.25) is 5.88 Å². The van der Waals surface area contributed by atoms with Gasteiger partial charge in [-0.2, -0.15) is 4.37 Å². The van der Waals surface area contributed by atoms with E-state index in [2.05, 4.69) is 4.37 Å². The summed E-state index contributed by atoms with van der Waals surface area (Å²) in [6, 6.07) is 1.59. The molecule has 0 aromatic carbocycles. The number of carbonyl (C=O) groups is 1. The molecule has 0 aliphatic heterocycles. The molecule has 1 aromatic heterocycles. The van der Waals surface area contributed by atoms with Crippen molar-refractivity contribution in [3.05, 3.63) is 10.9 Å². The number of nitrogens with zero attached hydrogens (tertiary/aromatic N) is 1. The molecular formula is C5H5NO2S. The molecule has 1 rings (SSSR count). The third-order valence-corrected chi connectivity index (χ3v) is 1.53. The Balaban J connectivity index is 2.86. The maximum atomic E-state index is 10.1. The molecule has 3 nitrogen and oxygen atoms in total. The first kappa shape index (κ1) is 6.22. The molecule has 9 heavy (non-hydrogen) atoms. The van der Waals surface area contributed by atoms with Gasteiger partial charge in [-0.3, -0.25) is 4.79 Å². The lowest BCUT2D eigenvalue weighted by molar-refractivity contribution is 0.112. The van der Waals surface area contributed by atoms with Crippen LogP contribution in [0.1, 0.15) is 9.67 Å². The largest absolute Gasteiger partial charge is 0.480 e. The number of carbonyl (C=O) groups excluding carboxylic acids is 1. The molecule has 0 fully saturated rings. The summed E-state index contributed by atoms with van der Waals surface area (Å²) in [7, 11) is 1.52. The smallest absolute Gasteiger partial charge is 0.225 e. The van der Waals surface area contributed by atoms with Crippen molar-refractivity contribution in [1.82, 2.24) is 4.37 Å². The van der Waals surface area contributed by atoms with Gasteiger partial charge in [0.05, 0.1) is 12.0 Å². The highest BCUT2D eigenvalue weighted by atomic mass is 32.1. The second-order valence-corrected chi connectivity index (χ2v) is 2.23. The second kappa shape index (κ2) is 2.59.